The molecule has 0 unspecified atom stereocenters. The summed E-state index contributed by atoms with van der Waals surface area (Å²) in [5.41, 5.74) is 1.01. The SMILES string of the molecule is OCCNCCc1nc2ccc(Cl)cc2s1. The van der Waals surface area contributed by atoms with Crippen LogP contribution in [0.25, 0.3) is 10.2 Å². The van der Waals surface area contributed by atoms with Gasteiger partial charge in [0.2, 0.25) is 0 Å². The summed E-state index contributed by atoms with van der Waals surface area (Å²) >= 11 is 7.58. The first-order valence-electron chi connectivity index (χ1n) is 5.16. The maximum atomic E-state index is 8.62. The lowest BCUT2D eigenvalue weighted by atomic mass is 10.3. The maximum absolute atomic E-state index is 8.62. The van der Waals surface area contributed by atoms with Crippen molar-refractivity contribution >= 4 is 33.2 Å². The number of fused-ring (bicyclic) bond motifs is 1. The van der Waals surface area contributed by atoms with Crippen LogP contribution in [0.15, 0.2) is 18.2 Å². The molecule has 0 atom stereocenters. The molecule has 16 heavy (non-hydrogen) atoms. The quantitative estimate of drug-likeness (QED) is 0.805. The highest BCUT2D eigenvalue weighted by atomic mass is 35.5. The molecule has 0 radical (unpaired) electrons. The van der Waals surface area contributed by atoms with E-state index in [1.54, 1.807) is 11.3 Å². The Morgan fingerprint density at radius 2 is 2.25 bits per heavy atom. The fourth-order valence-electron chi connectivity index (χ4n) is 1.45. The summed E-state index contributed by atoms with van der Waals surface area (Å²) in [5.74, 6) is 0. The Morgan fingerprint density at radius 1 is 1.38 bits per heavy atom. The molecule has 2 rings (SSSR count). The van der Waals surface area contributed by atoms with Crippen LogP contribution in [0.4, 0.5) is 0 Å². The lowest BCUT2D eigenvalue weighted by Crippen LogP contribution is -2.20. The van der Waals surface area contributed by atoms with Crippen molar-refractivity contribution in [2.75, 3.05) is 19.7 Å². The highest BCUT2D eigenvalue weighted by Crippen LogP contribution is 2.25. The van der Waals surface area contributed by atoms with Gasteiger partial charge in [-0.15, -0.1) is 11.3 Å². The lowest BCUT2D eigenvalue weighted by molar-refractivity contribution is 0.293. The predicted molar refractivity (Wildman–Crippen MR) is 68.3 cm³/mol. The number of nitrogens with zero attached hydrogens (tertiary/aromatic N) is 1. The number of halogens is 1. The van der Waals surface area contributed by atoms with Gasteiger partial charge in [-0.2, -0.15) is 0 Å². The van der Waals surface area contributed by atoms with E-state index in [9.17, 15) is 0 Å². The van der Waals surface area contributed by atoms with Crippen molar-refractivity contribution in [3.8, 4) is 0 Å². The molecular formula is C11H13ClN2OS. The van der Waals surface area contributed by atoms with Gasteiger partial charge in [0.15, 0.2) is 0 Å². The Morgan fingerprint density at radius 3 is 3.06 bits per heavy atom. The third-order valence-electron chi connectivity index (χ3n) is 2.20. The van der Waals surface area contributed by atoms with Crippen molar-refractivity contribution in [3.63, 3.8) is 0 Å². The summed E-state index contributed by atoms with van der Waals surface area (Å²) in [6.07, 6.45) is 0.886. The molecule has 1 aromatic heterocycles. The molecule has 5 heteroatoms. The summed E-state index contributed by atoms with van der Waals surface area (Å²) in [5, 5.41) is 13.6. The molecule has 0 saturated carbocycles. The molecular weight excluding hydrogens is 244 g/mol. The number of aromatic nitrogens is 1. The second-order valence-electron chi connectivity index (χ2n) is 3.44. The largest absolute Gasteiger partial charge is 0.395 e. The van der Waals surface area contributed by atoms with E-state index in [1.807, 2.05) is 18.2 Å². The van der Waals surface area contributed by atoms with Gasteiger partial charge in [0.25, 0.3) is 0 Å². The van der Waals surface area contributed by atoms with Crippen LogP contribution in [-0.4, -0.2) is 29.8 Å². The Balaban J connectivity index is 2.02. The third kappa shape index (κ3) is 2.92. The van der Waals surface area contributed by atoms with Crippen LogP contribution in [0.1, 0.15) is 5.01 Å². The normalized spacial score (nSPS) is 11.1. The van der Waals surface area contributed by atoms with Crippen LogP contribution in [0.2, 0.25) is 5.02 Å². The van der Waals surface area contributed by atoms with E-state index in [1.165, 1.54) is 0 Å². The van der Waals surface area contributed by atoms with Crippen LogP contribution in [-0.2, 0) is 6.42 Å². The number of rotatable bonds is 5. The van der Waals surface area contributed by atoms with Crippen molar-refractivity contribution in [2.45, 2.75) is 6.42 Å². The fourth-order valence-corrected chi connectivity index (χ4v) is 2.70. The van der Waals surface area contributed by atoms with Gasteiger partial charge in [-0.3, -0.25) is 0 Å². The summed E-state index contributed by atoms with van der Waals surface area (Å²) in [7, 11) is 0. The van der Waals surface area contributed by atoms with E-state index in [4.69, 9.17) is 16.7 Å². The van der Waals surface area contributed by atoms with Gasteiger partial charge in [-0.1, -0.05) is 11.6 Å². The van der Waals surface area contributed by atoms with Crippen molar-refractivity contribution < 1.29 is 5.11 Å². The number of hydrogen-bond donors (Lipinski definition) is 2. The number of benzene rings is 1. The Hall–Kier alpha value is -0.680. The molecule has 0 spiro atoms. The standard InChI is InChI=1S/C11H13ClN2OS/c12-8-1-2-9-10(7-8)16-11(14-9)3-4-13-5-6-15/h1-2,7,13,15H,3-6H2. The van der Waals surface area contributed by atoms with Crippen LogP contribution in [0.5, 0.6) is 0 Å². The minimum atomic E-state index is 0.176. The zero-order valence-corrected chi connectivity index (χ0v) is 10.3. The zero-order valence-electron chi connectivity index (χ0n) is 8.74. The first-order valence-corrected chi connectivity index (χ1v) is 6.35. The van der Waals surface area contributed by atoms with Crippen LogP contribution < -0.4 is 5.32 Å². The second kappa shape index (κ2) is 5.59. The third-order valence-corrected chi connectivity index (χ3v) is 3.51. The van der Waals surface area contributed by atoms with Crippen molar-refractivity contribution in [1.82, 2.24) is 10.3 Å². The fraction of sp³-hybridized carbons (Fsp3) is 0.364. The van der Waals surface area contributed by atoms with Crippen molar-refractivity contribution in [1.29, 1.82) is 0 Å². The van der Waals surface area contributed by atoms with E-state index in [0.29, 0.717) is 6.54 Å². The molecule has 86 valence electrons. The van der Waals surface area contributed by atoms with E-state index in [2.05, 4.69) is 10.3 Å². The van der Waals surface area contributed by atoms with Crippen LogP contribution in [0, 0.1) is 0 Å². The van der Waals surface area contributed by atoms with Crippen molar-refractivity contribution in [2.24, 2.45) is 0 Å². The number of aliphatic hydroxyl groups is 1. The predicted octanol–water partition coefficient (Wildman–Crippen LogP) is 2.07. The summed E-state index contributed by atoms with van der Waals surface area (Å²) in [6.45, 7) is 1.65. The number of thiazole rings is 1. The minimum absolute atomic E-state index is 0.176. The minimum Gasteiger partial charge on any atom is -0.395 e. The summed E-state index contributed by atoms with van der Waals surface area (Å²) in [4.78, 5) is 4.51. The average molecular weight is 257 g/mol. The van der Waals surface area contributed by atoms with E-state index in [0.717, 1.165) is 33.2 Å². The van der Waals surface area contributed by atoms with Crippen LogP contribution >= 0.6 is 22.9 Å². The number of hydrogen-bond acceptors (Lipinski definition) is 4. The Labute approximate surface area is 103 Å². The first-order chi connectivity index (χ1) is 7.79. The molecule has 0 saturated heterocycles. The molecule has 0 aliphatic carbocycles. The van der Waals surface area contributed by atoms with E-state index >= 15 is 0 Å². The highest BCUT2D eigenvalue weighted by Gasteiger charge is 2.03. The van der Waals surface area contributed by atoms with Gasteiger partial charge >= 0.3 is 0 Å². The Kier molecular flexibility index (Phi) is 4.12. The van der Waals surface area contributed by atoms with Gasteiger partial charge in [0.05, 0.1) is 21.8 Å². The summed E-state index contributed by atoms with van der Waals surface area (Å²) < 4.78 is 1.13. The van der Waals surface area contributed by atoms with Gasteiger partial charge in [-0.05, 0) is 18.2 Å². The molecule has 3 nitrogen and oxygen atoms in total. The topological polar surface area (TPSA) is 45.1 Å². The lowest BCUT2D eigenvalue weighted by Gasteiger charge is -1.98. The molecule has 1 aromatic carbocycles. The first kappa shape index (κ1) is 11.8. The smallest absolute Gasteiger partial charge is 0.0951 e. The van der Waals surface area contributed by atoms with Gasteiger partial charge in [0, 0.05) is 24.5 Å². The number of nitrogens with one attached hydrogen (secondary N) is 1. The summed E-state index contributed by atoms with van der Waals surface area (Å²) in [6, 6.07) is 5.75. The Bertz CT molecular complexity index is 472. The van der Waals surface area contributed by atoms with Crippen molar-refractivity contribution in [3.05, 3.63) is 28.2 Å². The molecule has 1 heterocycles. The maximum Gasteiger partial charge on any atom is 0.0951 e. The van der Waals surface area contributed by atoms with Gasteiger partial charge in [0.1, 0.15) is 0 Å². The highest BCUT2D eigenvalue weighted by molar-refractivity contribution is 7.18. The molecule has 2 N–H and O–H groups in total. The second-order valence-corrected chi connectivity index (χ2v) is 4.99. The molecule has 0 aliphatic rings. The van der Waals surface area contributed by atoms with Gasteiger partial charge in [-0.25, -0.2) is 4.98 Å². The zero-order chi connectivity index (χ0) is 11.4. The van der Waals surface area contributed by atoms with E-state index < -0.39 is 0 Å². The number of aliphatic hydroxyl groups excluding tert-OH is 1. The monoisotopic (exact) mass is 256 g/mol. The van der Waals surface area contributed by atoms with Crippen LogP contribution in [0.3, 0.4) is 0 Å². The molecule has 2 aromatic rings. The molecule has 0 bridgehead atoms. The average Bonchev–Trinajstić information content (AvgIpc) is 2.66. The molecule has 0 amide bonds. The molecule has 0 aliphatic heterocycles. The van der Waals surface area contributed by atoms with E-state index in [-0.39, 0.29) is 6.61 Å². The van der Waals surface area contributed by atoms with Gasteiger partial charge < -0.3 is 10.4 Å². The molecule has 0 fully saturated rings.